The third kappa shape index (κ3) is 3.09. The maximum atomic E-state index is 12.4. The molecule has 22 heavy (non-hydrogen) atoms. The Morgan fingerprint density at radius 3 is 2.77 bits per heavy atom. The van der Waals surface area contributed by atoms with Gasteiger partial charge >= 0.3 is 12.0 Å². The molecule has 1 aromatic carbocycles. The van der Waals surface area contributed by atoms with E-state index < -0.39 is 12.0 Å². The van der Waals surface area contributed by atoms with Gasteiger partial charge in [-0.2, -0.15) is 0 Å². The Bertz CT molecular complexity index is 628. The van der Waals surface area contributed by atoms with E-state index in [2.05, 4.69) is 5.32 Å². The van der Waals surface area contributed by atoms with Crippen LogP contribution in [-0.2, 0) is 9.53 Å². The lowest BCUT2D eigenvalue weighted by atomic mass is 9.94. The molecule has 2 amide bonds. The van der Waals surface area contributed by atoms with Gasteiger partial charge in [0, 0.05) is 12.7 Å². The number of urea groups is 1. The maximum absolute atomic E-state index is 12.4. The molecule has 5 nitrogen and oxygen atoms in total. The van der Waals surface area contributed by atoms with Gasteiger partial charge in [0.1, 0.15) is 0 Å². The van der Waals surface area contributed by atoms with E-state index in [1.54, 1.807) is 14.0 Å². The SMILES string of the molecule is CCOC(=O)C1=C(CCl)N(C)C(=O)NC1c1cccc(C)c1. The largest absolute Gasteiger partial charge is 0.463 e. The van der Waals surface area contributed by atoms with Gasteiger partial charge in [0.05, 0.1) is 24.1 Å². The van der Waals surface area contributed by atoms with Crippen molar-refractivity contribution in [1.82, 2.24) is 10.2 Å². The number of amides is 2. The number of hydrogen-bond donors (Lipinski definition) is 1. The first-order chi connectivity index (χ1) is 10.5. The third-order valence-corrected chi connectivity index (χ3v) is 3.83. The van der Waals surface area contributed by atoms with E-state index in [-0.39, 0.29) is 18.5 Å². The molecule has 0 saturated carbocycles. The average molecular weight is 323 g/mol. The first kappa shape index (κ1) is 16.4. The van der Waals surface area contributed by atoms with Gasteiger partial charge in [0.25, 0.3) is 0 Å². The summed E-state index contributed by atoms with van der Waals surface area (Å²) in [5.74, 6) is -0.406. The van der Waals surface area contributed by atoms with Gasteiger partial charge in [-0.15, -0.1) is 11.6 Å². The van der Waals surface area contributed by atoms with Crippen molar-refractivity contribution in [2.24, 2.45) is 0 Å². The number of aryl methyl sites for hydroxylation is 1. The second-order valence-electron chi connectivity index (χ2n) is 5.07. The number of carbonyl (C=O) groups is 2. The summed E-state index contributed by atoms with van der Waals surface area (Å²) in [5, 5.41) is 2.83. The molecule has 0 radical (unpaired) electrons. The number of ether oxygens (including phenoxy) is 1. The molecule has 1 aliphatic rings. The van der Waals surface area contributed by atoms with Crippen LogP contribution < -0.4 is 5.32 Å². The highest BCUT2D eigenvalue weighted by molar-refractivity contribution is 6.20. The van der Waals surface area contributed by atoms with Crippen molar-refractivity contribution in [2.45, 2.75) is 19.9 Å². The molecule has 1 heterocycles. The highest BCUT2D eigenvalue weighted by Gasteiger charge is 2.36. The number of halogens is 1. The van der Waals surface area contributed by atoms with Crippen LogP contribution in [0.1, 0.15) is 24.1 Å². The zero-order valence-electron chi connectivity index (χ0n) is 12.9. The monoisotopic (exact) mass is 322 g/mol. The number of rotatable bonds is 4. The van der Waals surface area contributed by atoms with Crippen LogP contribution in [0.3, 0.4) is 0 Å². The van der Waals surface area contributed by atoms with Crippen LogP contribution in [-0.4, -0.2) is 36.4 Å². The molecule has 0 aromatic heterocycles. The number of allylic oxidation sites excluding steroid dienone is 1. The van der Waals surface area contributed by atoms with E-state index in [9.17, 15) is 9.59 Å². The van der Waals surface area contributed by atoms with Crippen molar-refractivity contribution in [2.75, 3.05) is 19.5 Å². The zero-order chi connectivity index (χ0) is 16.3. The number of nitrogens with one attached hydrogen (secondary N) is 1. The van der Waals surface area contributed by atoms with E-state index in [4.69, 9.17) is 16.3 Å². The van der Waals surface area contributed by atoms with E-state index in [1.807, 2.05) is 31.2 Å². The molecule has 0 spiro atoms. The van der Waals surface area contributed by atoms with Crippen molar-refractivity contribution >= 4 is 23.6 Å². The Kier molecular flexibility index (Phi) is 5.08. The first-order valence-electron chi connectivity index (χ1n) is 7.06. The van der Waals surface area contributed by atoms with Crippen LogP contribution in [0.2, 0.25) is 0 Å². The van der Waals surface area contributed by atoms with Crippen LogP contribution >= 0.6 is 11.6 Å². The van der Waals surface area contributed by atoms with Crippen LogP contribution in [0.4, 0.5) is 4.79 Å². The Hall–Kier alpha value is -2.01. The molecule has 2 rings (SSSR count). The van der Waals surface area contributed by atoms with Gasteiger partial charge in [-0.05, 0) is 19.4 Å². The summed E-state index contributed by atoms with van der Waals surface area (Å²) in [7, 11) is 1.58. The van der Waals surface area contributed by atoms with Gasteiger partial charge in [-0.25, -0.2) is 9.59 Å². The number of alkyl halides is 1. The molecular formula is C16H19ClN2O3. The minimum absolute atomic E-state index is 0.0559. The molecular weight excluding hydrogens is 304 g/mol. The summed E-state index contributed by atoms with van der Waals surface area (Å²) < 4.78 is 5.15. The van der Waals surface area contributed by atoms with E-state index in [1.165, 1.54) is 4.90 Å². The Balaban J connectivity index is 2.56. The van der Waals surface area contributed by atoms with Crippen molar-refractivity contribution in [3.05, 3.63) is 46.7 Å². The fourth-order valence-electron chi connectivity index (χ4n) is 2.47. The van der Waals surface area contributed by atoms with E-state index in [0.29, 0.717) is 11.3 Å². The van der Waals surface area contributed by atoms with Gasteiger partial charge < -0.3 is 10.1 Å². The summed E-state index contributed by atoms with van der Waals surface area (Å²) in [6, 6.07) is 6.79. The van der Waals surface area contributed by atoms with E-state index in [0.717, 1.165) is 11.1 Å². The summed E-state index contributed by atoms with van der Waals surface area (Å²) in [6.07, 6.45) is 0. The summed E-state index contributed by atoms with van der Waals surface area (Å²) in [5.41, 5.74) is 2.72. The van der Waals surface area contributed by atoms with Gasteiger partial charge in [-0.3, -0.25) is 4.90 Å². The summed E-state index contributed by atoms with van der Waals surface area (Å²) in [6.45, 7) is 3.96. The van der Waals surface area contributed by atoms with Crippen molar-refractivity contribution in [3.8, 4) is 0 Å². The minimum atomic E-state index is -0.559. The Morgan fingerprint density at radius 2 is 2.18 bits per heavy atom. The summed E-state index contributed by atoms with van der Waals surface area (Å²) in [4.78, 5) is 25.9. The average Bonchev–Trinajstić information content (AvgIpc) is 2.49. The Labute approximate surface area is 134 Å². The second kappa shape index (κ2) is 6.83. The standard InChI is InChI=1S/C16H19ClN2O3/c1-4-22-15(20)13-12(9-17)19(3)16(21)18-14(13)11-7-5-6-10(2)8-11/h5-8,14H,4,9H2,1-3H3,(H,18,21). The molecule has 0 bridgehead atoms. The predicted molar refractivity (Wildman–Crippen MR) is 84.6 cm³/mol. The van der Waals surface area contributed by atoms with Gasteiger partial charge in [0.2, 0.25) is 0 Å². The van der Waals surface area contributed by atoms with Crippen LogP contribution in [0.5, 0.6) is 0 Å². The third-order valence-electron chi connectivity index (χ3n) is 3.57. The number of esters is 1. The van der Waals surface area contributed by atoms with Crippen LogP contribution in [0, 0.1) is 6.92 Å². The molecule has 118 valence electrons. The molecule has 0 fully saturated rings. The fraction of sp³-hybridized carbons (Fsp3) is 0.375. The molecule has 1 aromatic rings. The Morgan fingerprint density at radius 1 is 1.45 bits per heavy atom. The lowest BCUT2D eigenvalue weighted by Crippen LogP contribution is -2.47. The van der Waals surface area contributed by atoms with Crippen LogP contribution in [0.25, 0.3) is 0 Å². The molecule has 0 aliphatic carbocycles. The lowest BCUT2D eigenvalue weighted by Gasteiger charge is -2.34. The quantitative estimate of drug-likeness (QED) is 0.685. The zero-order valence-corrected chi connectivity index (χ0v) is 13.6. The van der Waals surface area contributed by atoms with Gasteiger partial charge in [0.15, 0.2) is 0 Å². The molecule has 1 unspecified atom stereocenters. The number of carbonyl (C=O) groups excluding carboxylic acids is 2. The maximum Gasteiger partial charge on any atom is 0.338 e. The molecule has 1 aliphatic heterocycles. The molecule has 1 atom stereocenters. The highest BCUT2D eigenvalue weighted by atomic mass is 35.5. The number of hydrogen-bond acceptors (Lipinski definition) is 3. The highest BCUT2D eigenvalue weighted by Crippen LogP contribution is 2.31. The van der Waals surface area contributed by atoms with Crippen molar-refractivity contribution < 1.29 is 14.3 Å². The predicted octanol–water partition coefficient (Wildman–Crippen LogP) is 2.75. The molecule has 1 N–H and O–H groups in total. The number of nitrogens with zero attached hydrogens (tertiary/aromatic N) is 1. The smallest absolute Gasteiger partial charge is 0.338 e. The fourth-order valence-corrected chi connectivity index (χ4v) is 2.79. The first-order valence-corrected chi connectivity index (χ1v) is 7.60. The van der Waals surface area contributed by atoms with Crippen LogP contribution in [0.15, 0.2) is 35.5 Å². The van der Waals surface area contributed by atoms with Gasteiger partial charge in [-0.1, -0.05) is 29.8 Å². The second-order valence-corrected chi connectivity index (χ2v) is 5.34. The van der Waals surface area contributed by atoms with E-state index >= 15 is 0 Å². The summed E-state index contributed by atoms with van der Waals surface area (Å²) >= 11 is 5.98. The normalized spacial score (nSPS) is 18.3. The van der Waals surface area contributed by atoms with Crippen molar-refractivity contribution in [3.63, 3.8) is 0 Å². The topological polar surface area (TPSA) is 58.6 Å². The van der Waals surface area contributed by atoms with Crippen molar-refractivity contribution in [1.29, 1.82) is 0 Å². The molecule has 0 saturated heterocycles. The number of benzene rings is 1. The lowest BCUT2D eigenvalue weighted by molar-refractivity contribution is -0.139. The molecule has 6 heteroatoms. The minimum Gasteiger partial charge on any atom is -0.463 e.